The molecular weight excluding hydrogens is 460 g/mol. The molecule has 4 rings (SSSR count). The zero-order valence-corrected chi connectivity index (χ0v) is 21.2. The second-order valence-electron chi connectivity index (χ2n) is 8.40. The molecule has 9 heteroatoms. The Kier molecular flexibility index (Phi) is 7.07. The summed E-state index contributed by atoms with van der Waals surface area (Å²) in [4.78, 5) is 25.3. The van der Waals surface area contributed by atoms with Crippen molar-refractivity contribution in [2.45, 2.75) is 39.8 Å². The molecular formula is C26H28N6O2S. The molecule has 0 atom stereocenters. The molecule has 2 amide bonds. The molecule has 8 nitrogen and oxygen atoms in total. The molecule has 35 heavy (non-hydrogen) atoms. The minimum atomic E-state index is -0.368. The molecule has 0 spiro atoms. The number of carbonyl (C=O) groups is 2. The lowest BCUT2D eigenvalue weighted by Crippen LogP contribution is -2.42. The van der Waals surface area contributed by atoms with Crippen LogP contribution in [-0.2, 0) is 4.79 Å². The number of thioether (sulfide) groups is 1. The number of nitrogens with one attached hydrogen (secondary N) is 2. The van der Waals surface area contributed by atoms with Crippen LogP contribution in [0.15, 0.2) is 59.8 Å². The maximum Gasteiger partial charge on any atom is 0.271 e. The van der Waals surface area contributed by atoms with Crippen molar-refractivity contribution in [3.05, 3.63) is 88.5 Å². The van der Waals surface area contributed by atoms with Crippen molar-refractivity contribution in [1.29, 1.82) is 0 Å². The fourth-order valence-corrected chi connectivity index (χ4v) is 4.79. The summed E-state index contributed by atoms with van der Waals surface area (Å²) < 4.78 is 3.95. The number of benzene rings is 2. The van der Waals surface area contributed by atoms with Crippen LogP contribution in [0.5, 0.6) is 0 Å². The summed E-state index contributed by atoms with van der Waals surface area (Å²) in [6.07, 6.45) is 0. The van der Waals surface area contributed by atoms with Gasteiger partial charge in [0.05, 0.1) is 17.0 Å². The number of aromatic nitrogens is 4. The van der Waals surface area contributed by atoms with Crippen LogP contribution in [0, 0.1) is 34.6 Å². The molecule has 0 aliphatic carbocycles. The van der Waals surface area contributed by atoms with Crippen molar-refractivity contribution in [2.75, 3.05) is 5.75 Å². The van der Waals surface area contributed by atoms with E-state index in [1.165, 1.54) is 11.8 Å². The zero-order valence-electron chi connectivity index (χ0n) is 20.4. The van der Waals surface area contributed by atoms with Crippen molar-refractivity contribution in [3.63, 3.8) is 0 Å². The Balaban J connectivity index is 1.40. The third kappa shape index (κ3) is 5.14. The van der Waals surface area contributed by atoms with Gasteiger partial charge in [0.15, 0.2) is 5.16 Å². The van der Waals surface area contributed by atoms with E-state index >= 15 is 0 Å². The highest BCUT2D eigenvalue weighted by molar-refractivity contribution is 7.99. The number of nitrogens with zero attached hydrogens (tertiary/aromatic N) is 4. The summed E-state index contributed by atoms with van der Waals surface area (Å²) >= 11 is 1.26. The lowest BCUT2D eigenvalue weighted by molar-refractivity contribution is -0.119. The SMILES string of the molecule is Cc1ccc(C)c(-n2c(C)nnc2SCC(=O)NNC(=O)c2cc(C)n(-c3ccccc3)c2C)c1. The highest BCUT2D eigenvalue weighted by Crippen LogP contribution is 2.25. The Bertz CT molecular complexity index is 1390. The summed E-state index contributed by atoms with van der Waals surface area (Å²) in [6.45, 7) is 9.77. The Morgan fingerprint density at radius 2 is 1.63 bits per heavy atom. The fraction of sp³-hybridized carbons (Fsp3) is 0.231. The van der Waals surface area contributed by atoms with Crippen molar-refractivity contribution in [3.8, 4) is 11.4 Å². The first-order valence-corrected chi connectivity index (χ1v) is 12.2. The highest BCUT2D eigenvalue weighted by atomic mass is 32.2. The Morgan fingerprint density at radius 3 is 2.37 bits per heavy atom. The number of hydrazine groups is 1. The Hall–Kier alpha value is -3.85. The summed E-state index contributed by atoms with van der Waals surface area (Å²) in [5.74, 6) is 0.108. The van der Waals surface area contributed by atoms with Crippen molar-refractivity contribution >= 4 is 23.6 Å². The Morgan fingerprint density at radius 1 is 0.886 bits per heavy atom. The third-order valence-electron chi connectivity index (χ3n) is 5.74. The van der Waals surface area contributed by atoms with E-state index in [4.69, 9.17) is 0 Å². The summed E-state index contributed by atoms with van der Waals surface area (Å²) in [7, 11) is 0. The molecule has 2 aromatic heterocycles. The maximum atomic E-state index is 12.8. The molecule has 0 saturated carbocycles. The van der Waals surface area contributed by atoms with E-state index in [1.54, 1.807) is 0 Å². The zero-order chi connectivity index (χ0) is 25.1. The minimum Gasteiger partial charge on any atom is -0.318 e. The van der Waals surface area contributed by atoms with Crippen molar-refractivity contribution < 1.29 is 9.59 Å². The Labute approximate surface area is 208 Å². The number of amides is 2. The van der Waals surface area contributed by atoms with Gasteiger partial charge in [0, 0.05) is 17.1 Å². The smallest absolute Gasteiger partial charge is 0.271 e. The normalized spacial score (nSPS) is 10.9. The number of aryl methyl sites for hydroxylation is 4. The molecule has 2 aromatic carbocycles. The van der Waals surface area contributed by atoms with Gasteiger partial charge in [0.25, 0.3) is 5.91 Å². The van der Waals surface area contributed by atoms with Gasteiger partial charge < -0.3 is 4.57 Å². The summed E-state index contributed by atoms with van der Waals surface area (Å²) in [6, 6.07) is 17.8. The topological polar surface area (TPSA) is 93.8 Å². The van der Waals surface area contributed by atoms with Crippen LogP contribution in [0.25, 0.3) is 11.4 Å². The average molecular weight is 489 g/mol. The summed E-state index contributed by atoms with van der Waals surface area (Å²) in [5, 5.41) is 9.04. The molecule has 0 bridgehead atoms. The van der Waals surface area contributed by atoms with Crippen molar-refractivity contribution in [1.82, 2.24) is 30.2 Å². The highest BCUT2D eigenvalue weighted by Gasteiger charge is 2.18. The van der Waals surface area contributed by atoms with E-state index in [-0.39, 0.29) is 17.6 Å². The van der Waals surface area contributed by atoms with Gasteiger partial charge in [0.1, 0.15) is 5.82 Å². The van der Waals surface area contributed by atoms with Gasteiger partial charge in [-0.2, -0.15) is 0 Å². The first-order chi connectivity index (χ1) is 16.8. The monoisotopic (exact) mass is 488 g/mol. The second-order valence-corrected chi connectivity index (χ2v) is 9.34. The predicted octanol–water partition coefficient (Wildman–Crippen LogP) is 4.15. The lowest BCUT2D eigenvalue weighted by atomic mass is 10.1. The van der Waals surface area contributed by atoms with Gasteiger partial charge in [-0.3, -0.25) is 25.0 Å². The number of rotatable bonds is 6. The van der Waals surface area contributed by atoms with Crippen LogP contribution in [-0.4, -0.2) is 36.9 Å². The number of hydrogen-bond acceptors (Lipinski definition) is 5. The molecule has 0 radical (unpaired) electrons. The van der Waals surface area contributed by atoms with Crippen LogP contribution < -0.4 is 10.9 Å². The minimum absolute atomic E-state index is 0.0757. The van der Waals surface area contributed by atoms with E-state index in [0.29, 0.717) is 10.7 Å². The largest absolute Gasteiger partial charge is 0.318 e. The molecule has 0 aliphatic rings. The molecule has 2 N–H and O–H groups in total. The van der Waals surface area contributed by atoms with Gasteiger partial charge in [-0.25, -0.2) is 0 Å². The van der Waals surface area contributed by atoms with Gasteiger partial charge in [-0.05, 0) is 70.0 Å². The van der Waals surface area contributed by atoms with E-state index < -0.39 is 0 Å². The lowest BCUT2D eigenvalue weighted by Gasteiger charge is -2.12. The van der Waals surface area contributed by atoms with Gasteiger partial charge in [0.2, 0.25) is 5.91 Å². The number of hydrogen-bond donors (Lipinski definition) is 2. The van der Waals surface area contributed by atoms with Gasteiger partial charge >= 0.3 is 0 Å². The third-order valence-corrected chi connectivity index (χ3v) is 6.67. The van der Waals surface area contributed by atoms with Crippen LogP contribution in [0.2, 0.25) is 0 Å². The maximum absolute atomic E-state index is 12.8. The van der Waals surface area contributed by atoms with Crippen LogP contribution in [0.3, 0.4) is 0 Å². The molecule has 4 aromatic rings. The predicted molar refractivity (Wildman–Crippen MR) is 137 cm³/mol. The van der Waals surface area contributed by atoms with Crippen LogP contribution in [0.4, 0.5) is 0 Å². The fourth-order valence-electron chi connectivity index (χ4n) is 4.00. The molecule has 2 heterocycles. The molecule has 0 saturated heterocycles. The summed E-state index contributed by atoms with van der Waals surface area (Å²) in [5.41, 5.74) is 11.4. The van der Waals surface area contributed by atoms with E-state index in [1.807, 2.05) is 80.2 Å². The number of carbonyl (C=O) groups excluding carboxylic acids is 2. The van der Waals surface area contributed by atoms with Crippen LogP contribution in [0.1, 0.15) is 38.7 Å². The van der Waals surface area contributed by atoms with E-state index in [0.717, 1.165) is 39.7 Å². The van der Waals surface area contributed by atoms with E-state index in [9.17, 15) is 9.59 Å². The molecule has 0 aliphatic heterocycles. The standard InChI is InChI=1S/C26H28N6O2S/c1-16-11-12-17(2)23(13-16)32-20(5)27-30-26(32)35-15-24(33)28-29-25(34)22-14-18(3)31(19(22)4)21-9-7-6-8-10-21/h6-14H,15H2,1-5H3,(H,28,33)(H,29,34). The molecule has 0 fully saturated rings. The first kappa shape index (κ1) is 24.3. The molecule has 0 unspecified atom stereocenters. The average Bonchev–Trinajstić information content (AvgIpc) is 3.36. The van der Waals surface area contributed by atoms with E-state index in [2.05, 4.69) is 39.2 Å². The number of para-hydroxylation sites is 1. The quantitative estimate of drug-likeness (QED) is 0.314. The van der Waals surface area contributed by atoms with Gasteiger partial charge in [-0.15, -0.1) is 10.2 Å². The second kappa shape index (κ2) is 10.2. The van der Waals surface area contributed by atoms with Crippen LogP contribution >= 0.6 is 11.8 Å². The van der Waals surface area contributed by atoms with Crippen molar-refractivity contribution in [2.24, 2.45) is 0 Å². The van der Waals surface area contributed by atoms with Gasteiger partial charge in [-0.1, -0.05) is 42.1 Å². The first-order valence-electron chi connectivity index (χ1n) is 11.2. The molecule has 180 valence electrons.